The third-order valence-electron chi connectivity index (χ3n) is 3.92. The van der Waals surface area contributed by atoms with Gasteiger partial charge >= 0.3 is 0 Å². The minimum Gasteiger partial charge on any atom is -0.337 e. The molecular formula is C17H17BrN2O2S. The van der Waals surface area contributed by atoms with E-state index >= 15 is 0 Å². The summed E-state index contributed by atoms with van der Waals surface area (Å²) in [5, 5.41) is 4.84. The van der Waals surface area contributed by atoms with E-state index in [0.29, 0.717) is 6.54 Å². The highest BCUT2D eigenvalue weighted by molar-refractivity contribution is 9.10. The van der Waals surface area contributed by atoms with E-state index in [0.717, 1.165) is 34.4 Å². The molecule has 1 aliphatic rings. The van der Waals surface area contributed by atoms with Crippen molar-refractivity contribution in [1.29, 1.82) is 0 Å². The van der Waals surface area contributed by atoms with Gasteiger partial charge in [0.05, 0.1) is 10.8 Å². The molecule has 0 unspecified atom stereocenters. The Bertz CT molecular complexity index is 685. The monoisotopic (exact) mass is 392 g/mol. The summed E-state index contributed by atoms with van der Waals surface area (Å²) < 4.78 is 0.973. The largest absolute Gasteiger partial charge is 0.337 e. The molecular weight excluding hydrogens is 376 g/mol. The van der Waals surface area contributed by atoms with Gasteiger partial charge in [-0.25, -0.2) is 0 Å². The molecule has 0 bridgehead atoms. The van der Waals surface area contributed by atoms with Gasteiger partial charge in [-0.2, -0.15) is 0 Å². The lowest BCUT2D eigenvalue weighted by atomic mass is 9.97. The molecule has 0 saturated carbocycles. The van der Waals surface area contributed by atoms with Crippen LogP contribution in [0.15, 0.2) is 46.3 Å². The van der Waals surface area contributed by atoms with Gasteiger partial charge in [-0.15, -0.1) is 11.3 Å². The zero-order chi connectivity index (χ0) is 16.2. The molecule has 0 radical (unpaired) electrons. The molecule has 120 valence electrons. The second kappa shape index (κ2) is 7.27. The fourth-order valence-corrected chi connectivity index (χ4v) is 3.66. The average Bonchev–Trinajstić information content (AvgIpc) is 3.11. The van der Waals surface area contributed by atoms with Gasteiger partial charge in [-0.1, -0.05) is 22.0 Å². The number of anilines is 1. The highest BCUT2D eigenvalue weighted by Crippen LogP contribution is 2.22. The Hall–Kier alpha value is -1.66. The van der Waals surface area contributed by atoms with Crippen molar-refractivity contribution in [2.24, 2.45) is 5.92 Å². The van der Waals surface area contributed by atoms with Crippen LogP contribution >= 0.6 is 27.3 Å². The normalized spacial score (nSPS) is 17.8. The number of hydrogen-bond acceptors (Lipinski definition) is 3. The van der Waals surface area contributed by atoms with E-state index in [9.17, 15) is 9.59 Å². The van der Waals surface area contributed by atoms with Crippen molar-refractivity contribution >= 4 is 44.8 Å². The first kappa shape index (κ1) is 16.2. The Morgan fingerprint density at radius 1 is 1.22 bits per heavy atom. The molecule has 1 atom stereocenters. The standard InChI is InChI=1S/C17H17BrN2O2S/c18-13-5-7-14(8-6-13)19-16(21)12-3-1-9-20(11-12)17(22)15-4-2-10-23-15/h2,4-8,10,12H,1,3,9,11H2,(H,19,21)/t12-/m0/s1. The molecule has 6 heteroatoms. The van der Waals surface area contributed by atoms with E-state index in [4.69, 9.17) is 0 Å². The number of amides is 2. The Kier molecular flexibility index (Phi) is 5.13. The van der Waals surface area contributed by atoms with Gasteiger partial charge in [0.1, 0.15) is 0 Å². The number of halogens is 1. The summed E-state index contributed by atoms with van der Waals surface area (Å²) in [6.45, 7) is 1.21. The summed E-state index contributed by atoms with van der Waals surface area (Å²) in [5.41, 5.74) is 0.778. The van der Waals surface area contributed by atoms with E-state index in [1.807, 2.05) is 41.8 Å². The van der Waals surface area contributed by atoms with Crippen LogP contribution in [0.5, 0.6) is 0 Å². The first-order chi connectivity index (χ1) is 11.1. The molecule has 23 heavy (non-hydrogen) atoms. The number of carbonyl (C=O) groups is 2. The highest BCUT2D eigenvalue weighted by atomic mass is 79.9. The quantitative estimate of drug-likeness (QED) is 0.857. The molecule has 2 aromatic rings. The van der Waals surface area contributed by atoms with Crippen LogP contribution in [-0.4, -0.2) is 29.8 Å². The molecule has 1 aromatic carbocycles. The van der Waals surface area contributed by atoms with Crippen molar-refractivity contribution in [1.82, 2.24) is 4.90 Å². The van der Waals surface area contributed by atoms with Crippen LogP contribution in [-0.2, 0) is 4.79 Å². The van der Waals surface area contributed by atoms with E-state index in [1.165, 1.54) is 11.3 Å². The van der Waals surface area contributed by atoms with Crippen LogP contribution in [0.2, 0.25) is 0 Å². The molecule has 0 aliphatic carbocycles. The van der Waals surface area contributed by atoms with Crippen LogP contribution < -0.4 is 5.32 Å². The summed E-state index contributed by atoms with van der Waals surface area (Å²) in [6, 6.07) is 11.2. The second-order valence-electron chi connectivity index (χ2n) is 5.56. The maximum atomic E-state index is 12.4. The third-order valence-corrected chi connectivity index (χ3v) is 5.31. The molecule has 1 N–H and O–H groups in total. The molecule has 3 rings (SSSR count). The van der Waals surface area contributed by atoms with E-state index < -0.39 is 0 Å². The van der Waals surface area contributed by atoms with Gasteiger partial charge in [0.15, 0.2) is 0 Å². The smallest absolute Gasteiger partial charge is 0.263 e. The molecule has 2 heterocycles. The number of carbonyl (C=O) groups excluding carboxylic acids is 2. The lowest BCUT2D eigenvalue weighted by molar-refractivity contribution is -0.121. The van der Waals surface area contributed by atoms with Crippen LogP contribution in [0.25, 0.3) is 0 Å². The molecule has 2 amide bonds. The predicted octanol–water partition coefficient (Wildman–Crippen LogP) is 4.00. The maximum Gasteiger partial charge on any atom is 0.263 e. The van der Waals surface area contributed by atoms with E-state index in [-0.39, 0.29) is 17.7 Å². The third kappa shape index (κ3) is 4.00. The van der Waals surface area contributed by atoms with Gasteiger partial charge in [0.25, 0.3) is 5.91 Å². The summed E-state index contributed by atoms with van der Waals surface area (Å²) in [4.78, 5) is 27.4. The summed E-state index contributed by atoms with van der Waals surface area (Å²) in [6.07, 6.45) is 1.67. The fraction of sp³-hybridized carbons (Fsp3) is 0.294. The van der Waals surface area contributed by atoms with Gasteiger partial charge in [-0.3, -0.25) is 9.59 Å². The predicted molar refractivity (Wildman–Crippen MR) is 95.7 cm³/mol. The number of nitrogens with one attached hydrogen (secondary N) is 1. The lowest BCUT2D eigenvalue weighted by Gasteiger charge is -2.31. The number of rotatable bonds is 3. The topological polar surface area (TPSA) is 49.4 Å². The Balaban J connectivity index is 1.62. The maximum absolute atomic E-state index is 12.4. The summed E-state index contributed by atoms with van der Waals surface area (Å²) in [7, 11) is 0. The number of hydrogen-bond donors (Lipinski definition) is 1. The number of likely N-dealkylation sites (tertiary alicyclic amines) is 1. The van der Waals surface area contributed by atoms with Crippen LogP contribution in [0, 0.1) is 5.92 Å². The first-order valence-corrected chi connectivity index (χ1v) is 9.20. The minimum atomic E-state index is -0.156. The fourth-order valence-electron chi connectivity index (χ4n) is 2.71. The Morgan fingerprint density at radius 2 is 2.00 bits per heavy atom. The van der Waals surface area contributed by atoms with E-state index in [1.54, 1.807) is 4.90 Å². The zero-order valence-corrected chi connectivity index (χ0v) is 14.9. The molecule has 1 aromatic heterocycles. The molecule has 1 aliphatic heterocycles. The first-order valence-electron chi connectivity index (χ1n) is 7.52. The second-order valence-corrected chi connectivity index (χ2v) is 7.43. The van der Waals surface area contributed by atoms with Crippen molar-refractivity contribution < 1.29 is 9.59 Å². The number of benzene rings is 1. The zero-order valence-electron chi connectivity index (χ0n) is 12.5. The van der Waals surface area contributed by atoms with Gasteiger partial charge in [0, 0.05) is 23.2 Å². The summed E-state index contributed by atoms with van der Waals surface area (Å²) in [5.74, 6) is -0.145. The minimum absolute atomic E-state index is 0.0176. The van der Waals surface area contributed by atoms with Gasteiger partial charge < -0.3 is 10.2 Å². The van der Waals surface area contributed by atoms with Crippen LogP contribution in [0.4, 0.5) is 5.69 Å². The Labute approximate surface area is 147 Å². The summed E-state index contributed by atoms with van der Waals surface area (Å²) >= 11 is 4.82. The average molecular weight is 393 g/mol. The van der Waals surface area contributed by atoms with Crippen LogP contribution in [0.1, 0.15) is 22.5 Å². The van der Waals surface area contributed by atoms with Crippen LogP contribution in [0.3, 0.4) is 0 Å². The number of nitrogens with zero attached hydrogens (tertiary/aromatic N) is 1. The number of thiophene rings is 1. The van der Waals surface area contributed by atoms with Gasteiger partial charge in [0.2, 0.25) is 5.91 Å². The lowest BCUT2D eigenvalue weighted by Crippen LogP contribution is -2.43. The molecule has 1 fully saturated rings. The van der Waals surface area contributed by atoms with Crippen molar-refractivity contribution in [2.45, 2.75) is 12.8 Å². The van der Waals surface area contributed by atoms with Crippen molar-refractivity contribution in [3.05, 3.63) is 51.1 Å². The van der Waals surface area contributed by atoms with Gasteiger partial charge in [-0.05, 0) is 48.6 Å². The van der Waals surface area contributed by atoms with Crippen molar-refractivity contribution in [2.75, 3.05) is 18.4 Å². The highest BCUT2D eigenvalue weighted by Gasteiger charge is 2.29. The van der Waals surface area contributed by atoms with Crippen molar-refractivity contribution in [3.8, 4) is 0 Å². The number of piperidine rings is 1. The molecule has 1 saturated heterocycles. The molecule has 4 nitrogen and oxygen atoms in total. The SMILES string of the molecule is O=C(Nc1ccc(Br)cc1)[C@H]1CCCN(C(=O)c2cccs2)C1. The Morgan fingerprint density at radius 3 is 2.70 bits per heavy atom. The molecule has 0 spiro atoms. The van der Waals surface area contributed by atoms with Crippen molar-refractivity contribution in [3.63, 3.8) is 0 Å². The van der Waals surface area contributed by atoms with E-state index in [2.05, 4.69) is 21.2 Å².